The van der Waals surface area contributed by atoms with E-state index in [4.69, 9.17) is 5.26 Å². The Labute approximate surface area is 154 Å². The number of amides is 1. The van der Waals surface area contributed by atoms with Gasteiger partial charge in [-0.1, -0.05) is 48.5 Å². The molecule has 0 unspecified atom stereocenters. The van der Waals surface area contributed by atoms with Gasteiger partial charge in [0.05, 0.1) is 6.07 Å². The van der Waals surface area contributed by atoms with Crippen molar-refractivity contribution < 1.29 is 4.79 Å². The molecule has 26 heavy (non-hydrogen) atoms. The number of para-hydroxylation sites is 1. The van der Waals surface area contributed by atoms with Gasteiger partial charge in [-0.3, -0.25) is 4.79 Å². The Hall–Kier alpha value is -2.80. The Kier molecular flexibility index (Phi) is 4.38. The average molecular weight is 345 g/mol. The van der Waals surface area contributed by atoms with E-state index < -0.39 is 0 Å². The molecule has 0 aromatic heterocycles. The van der Waals surface area contributed by atoms with E-state index in [-0.39, 0.29) is 17.7 Å². The fourth-order valence-electron chi connectivity index (χ4n) is 4.67. The van der Waals surface area contributed by atoms with Crippen LogP contribution in [0.25, 0.3) is 0 Å². The summed E-state index contributed by atoms with van der Waals surface area (Å²) in [6, 6.07) is 23.3. The smallest absolute Gasteiger partial charge is 0.236 e. The van der Waals surface area contributed by atoms with Crippen LogP contribution in [-0.4, -0.2) is 37.0 Å². The van der Waals surface area contributed by atoms with Gasteiger partial charge in [0.1, 0.15) is 6.42 Å². The van der Waals surface area contributed by atoms with E-state index in [0.717, 1.165) is 32.6 Å². The van der Waals surface area contributed by atoms with Crippen LogP contribution in [0, 0.1) is 17.2 Å². The third kappa shape index (κ3) is 2.84. The van der Waals surface area contributed by atoms with Crippen LogP contribution in [0.15, 0.2) is 60.7 Å². The molecule has 0 saturated carbocycles. The van der Waals surface area contributed by atoms with Crippen LogP contribution >= 0.6 is 0 Å². The minimum atomic E-state index is -0.0349. The topological polar surface area (TPSA) is 47.3 Å². The molecule has 1 amide bonds. The molecule has 4 heteroatoms. The molecule has 2 heterocycles. The molecular formula is C22H23N3O. The summed E-state index contributed by atoms with van der Waals surface area (Å²) in [6.07, 6.45) is 0.926. The predicted octanol–water partition coefficient (Wildman–Crippen LogP) is 3.21. The summed E-state index contributed by atoms with van der Waals surface area (Å²) in [5, 5.41) is 8.87. The van der Waals surface area contributed by atoms with Gasteiger partial charge in [-0.15, -0.1) is 0 Å². The summed E-state index contributed by atoms with van der Waals surface area (Å²) >= 11 is 0. The minimum Gasteiger partial charge on any atom is -0.370 e. The van der Waals surface area contributed by atoms with E-state index >= 15 is 0 Å². The quantitative estimate of drug-likeness (QED) is 0.858. The zero-order valence-electron chi connectivity index (χ0n) is 14.8. The normalized spacial score (nSPS) is 24.8. The Bertz CT molecular complexity index is 814. The molecule has 2 saturated heterocycles. The van der Waals surface area contributed by atoms with E-state index in [0.29, 0.717) is 5.92 Å². The molecule has 0 spiro atoms. The lowest BCUT2D eigenvalue weighted by Gasteiger charge is -2.43. The Morgan fingerprint density at radius 1 is 1.08 bits per heavy atom. The van der Waals surface area contributed by atoms with Crippen molar-refractivity contribution in [3.8, 4) is 6.07 Å². The summed E-state index contributed by atoms with van der Waals surface area (Å²) in [5.41, 5.74) is 2.68. The van der Waals surface area contributed by atoms with Crippen LogP contribution in [0.5, 0.6) is 0 Å². The maximum Gasteiger partial charge on any atom is 0.236 e. The first-order chi connectivity index (χ1) is 12.7. The van der Waals surface area contributed by atoms with Gasteiger partial charge in [0.15, 0.2) is 0 Å². The van der Waals surface area contributed by atoms with E-state index in [1.54, 1.807) is 0 Å². The van der Waals surface area contributed by atoms with Crippen molar-refractivity contribution in [2.75, 3.05) is 31.1 Å². The molecule has 4 nitrogen and oxygen atoms in total. The van der Waals surface area contributed by atoms with Crippen molar-refractivity contribution in [1.82, 2.24) is 4.90 Å². The highest BCUT2D eigenvalue weighted by molar-refractivity contribution is 5.78. The van der Waals surface area contributed by atoms with Crippen LogP contribution in [0.2, 0.25) is 0 Å². The zero-order chi connectivity index (χ0) is 18.0. The number of carbonyl (C=O) groups excluding carboxylic acids is 1. The van der Waals surface area contributed by atoms with Gasteiger partial charge in [-0.2, -0.15) is 5.26 Å². The highest BCUT2D eigenvalue weighted by Crippen LogP contribution is 2.46. The molecule has 0 radical (unpaired) electrons. The zero-order valence-corrected chi connectivity index (χ0v) is 14.8. The van der Waals surface area contributed by atoms with Gasteiger partial charge >= 0.3 is 0 Å². The summed E-state index contributed by atoms with van der Waals surface area (Å²) in [7, 11) is 0. The molecular weight excluding hydrogens is 322 g/mol. The largest absolute Gasteiger partial charge is 0.370 e. The molecule has 2 atom stereocenters. The first-order valence-electron chi connectivity index (χ1n) is 9.23. The number of nitriles is 1. The van der Waals surface area contributed by atoms with Gasteiger partial charge in [0, 0.05) is 43.2 Å². The van der Waals surface area contributed by atoms with Gasteiger partial charge < -0.3 is 9.80 Å². The Morgan fingerprint density at radius 3 is 2.46 bits per heavy atom. The molecule has 0 bridgehead atoms. The Morgan fingerprint density at radius 2 is 1.77 bits per heavy atom. The lowest BCUT2D eigenvalue weighted by Crippen LogP contribution is -2.51. The van der Waals surface area contributed by atoms with Gasteiger partial charge in [0.2, 0.25) is 5.91 Å². The second-order valence-corrected chi connectivity index (χ2v) is 7.36. The number of fused-ring (bicyclic) bond motifs is 1. The molecule has 4 rings (SSSR count). The predicted molar refractivity (Wildman–Crippen MR) is 102 cm³/mol. The highest BCUT2D eigenvalue weighted by atomic mass is 16.2. The maximum atomic E-state index is 12.3. The number of likely N-dealkylation sites (tertiary alicyclic amines) is 1. The summed E-state index contributed by atoms with van der Waals surface area (Å²) in [5.74, 6) is 0.342. The number of anilines is 1. The maximum absolute atomic E-state index is 12.3. The monoisotopic (exact) mass is 345 g/mol. The van der Waals surface area contributed by atoms with Crippen molar-refractivity contribution in [3.05, 3.63) is 66.2 Å². The number of nitrogens with zero attached hydrogens (tertiary/aromatic N) is 3. The molecule has 2 aromatic rings. The van der Waals surface area contributed by atoms with Crippen LogP contribution in [-0.2, 0) is 10.2 Å². The van der Waals surface area contributed by atoms with Crippen molar-refractivity contribution in [2.45, 2.75) is 18.3 Å². The second-order valence-electron chi connectivity index (χ2n) is 7.36. The molecule has 132 valence electrons. The number of piperidine rings is 1. The number of hydrogen-bond donors (Lipinski definition) is 0. The standard InChI is InChI=1S/C22H23N3O/c23-13-11-21(26)24-14-12-22(18-7-3-1-4-8-18)17-25(16-19(22)15-24)20-9-5-2-6-10-20/h1-10,19H,11-12,14-17H2/t19-,22+/m0/s1. The van der Waals surface area contributed by atoms with E-state index in [1.165, 1.54) is 11.3 Å². The number of carbonyl (C=O) groups is 1. The fourth-order valence-corrected chi connectivity index (χ4v) is 4.67. The van der Waals surface area contributed by atoms with E-state index in [9.17, 15) is 4.79 Å². The summed E-state index contributed by atoms with van der Waals surface area (Å²) in [6.45, 7) is 3.38. The fraction of sp³-hybridized carbons (Fsp3) is 0.364. The van der Waals surface area contributed by atoms with Crippen molar-refractivity contribution in [2.24, 2.45) is 5.92 Å². The first-order valence-corrected chi connectivity index (χ1v) is 9.23. The molecule has 2 fully saturated rings. The van der Waals surface area contributed by atoms with Crippen LogP contribution in [0.1, 0.15) is 18.4 Å². The highest BCUT2D eigenvalue weighted by Gasteiger charge is 2.51. The molecule has 2 aromatic carbocycles. The Balaban J connectivity index is 1.66. The molecule has 0 aliphatic carbocycles. The molecule has 2 aliphatic heterocycles. The second kappa shape index (κ2) is 6.84. The van der Waals surface area contributed by atoms with Crippen LogP contribution in [0.4, 0.5) is 5.69 Å². The van der Waals surface area contributed by atoms with E-state index in [1.807, 2.05) is 17.0 Å². The van der Waals surface area contributed by atoms with Crippen molar-refractivity contribution >= 4 is 11.6 Å². The van der Waals surface area contributed by atoms with Crippen LogP contribution < -0.4 is 4.90 Å². The average Bonchev–Trinajstić information content (AvgIpc) is 3.09. The minimum absolute atomic E-state index is 0.0204. The van der Waals surface area contributed by atoms with Crippen molar-refractivity contribution in [1.29, 1.82) is 5.26 Å². The summed E-state index contributed by atoms with van der Waals surface area (Å²) < 4.78 is 0. The SMILES string of the molecule is N#CCC(=O)N1CC[C@]2(c3ccccc3)CN(c3ccccc3)C[C@@H]2C1. The first kappa shape index (κ1) is 16.7. The molecule has 2 aliphatic rings. The third-order valence-corrected chi connectivity index (χ3v) is 6.02. The number of rotatable bonds is 3. The van der Waals surface area contributed by atoms with Crippen LogP contribution in [0.3, 0.4) is 0 Å². The van der Waals surface area contributed by atoms with E-state index in [2.05, 4.69) is 59.5 Å². The lowest BCUT2D eigenvalue weighted by molar-refractivity contribution is -0.132. The number of hydrogen-bond acceptors (Lipinski definition) is 3. The third-order valence-electron chi connectivity index (χ3n) is 6.02. The molecule has 0 N–H and O–H groups in total. The van der Waals surface area contributed by atoms with Gasteiger partial charge in [-0.05, 0) is 24.1 Å². The van der Waals surface area contributed by atoms with Gasteiger partial charge in [0.25, 0.3) is 0 Å². The van der Waals surface area contributed by atoms with Gasteiger partial charge in [-0.25, -0.2) is 0 Å². The lowest BCUT2D eigenvalue weighted by atomic mass is 9.68. The summed E-state index contributed by atoms with van der Waals surface area (Å²) in [4.78, 5) is 16.6. The van der Waals surface area contributed by atoms with Crippen molar-refractivity contribution in [3.63, 3.8) is 0 Å². The number of benzene rings is 2.